The Morgan fingerprint density at radius 1 is 1.43 bits per heavy atom. The zero-order valence-electron chi connectivity index (χ0n) is 8.82. The highest BCUT2D eigenvalue weighted by Crippen LogP contribution is 2.06. The predicted octanol–water partition coefficient (Wildman–Crippen LogP) is 0.344. The van der Waals surface area contributed by atoms with Crippen LogP contribution in [0.2, 0.25) is 0 Å². The van der Waals surface area contributed by atoms with Gasteiger partial charge in [-0.1, -0.05) is 13.8 Å². The van der Waals surface area contributed by atoms with Gasteiger partial charge < -0.3 is 14.7 Å². The fraction of sp³-hybridized carbons (Fsp3) is 0.778. The third-order valence-electron chi connectivity index (χ3n) is 1.82. The van der Waals surface area contributed by atoms with Gasteiger partial charge in [0.15, 0.2) is 6.04 Å². The number of carboxylic acids is 1. The van der Waals surface area contributed by atoms with Crippen LogP contribution < -0.4 is 0 Å². The number of rotatable bonds is 1. The lowest BCUT2D eigenvalue weighted by Crippen LogP contribution is -2.51. The SMILES string of the molecule is CC.CC(=O)N1CCOCC1C(=O)O. The lowest BCUT2D eigenvalue weighted by molar-refractivity contribution is -0.157. The molecule has 5 nitrogen and oxygen atoms in total. The van der Waals surface area contributed by atoms with Gasteiger partial charge in [0.2, 0.25) is 5.91 Å². The van der Waals surface area contributed by atoms with Gasteiger partial charge in [-0.15, -0.1) is 0 Å². The molecule has 5 heteroatoms. The van der Waals surface area contributed by atoms with Crippen LogP contribution in [-0.2, 0) is 14.3 Å². The number of carboxylic acid groups (broad SMARTS) is 1. The summed E-state index contributed by atoms with van der Waals surface area (Å²) in [5.74, 6) is -1.23. The Hall–Kier alpha value is -1.10. The van der Waals surface area contributed by atoms with Crippen molar-refractivity contribution >= 4 is 11.9 Å². The van der Waals surface area contributed by atoms with E-state index in [2.05, 4.69) is 0 Å². The third kappa shape index (κ3) is 3.33. The Balaban J connectivity index is 0.000000791. The van der Waals surface area contributed by atoms with Crippen molar-refractivity contribution in [2.45, 2.75) is 26.8 Å². The van der Waals surface area contributed by atoms with Crippen molar-refractivity contribution in [2.24, 2.45) is 0 Å². The minimum atomic E-state index is -1.01. The average molecular weight is 203 g/mol. The van der Waals surface area contributed by atoms with E-state index in [1.807, 2.05) is 13.8 Å². The smallest absolute Gasteiger partial charge is 0.328 e. The Labute approximate surface area is 83.6 Å². The van der Waals surface area contributed by atoms with Crippen LogP contribution >= 0.6 is 0 Å². The molecule has 1 rings (SSSR count). The first-order valence-electron chi connectivity index (χ1n) is 4.70. The molecule has 0 spiro atoms. The van der Waals surface area contributed by atoms with Gasteiger partial charge in [-0.05, 0) is 0 Å². The molecule has 82 valence electrons. The molecule has 1 aliphatic heterocycles. The van der Waals surface area contributed by atoms with Gasteiger partial charge in [0, 0.05) is 13.5 Å². The maximum absolute atomic E-state index is 10.9. The van der Waals surface area contributed by atoms with Crippen LogP contribution in [0.5, 0.6) is 0 Å². The molecular formula is C9H17NO4. The standard InChI is InChI=1S/C7H11NO4.C2H6/c1-5(9)8-2-3-12-4-6(8)7(10)11;1-2/h6H,2-4H2,1H3,(H,10,11);1-2H3. The first-order valence-corrected chi connectivity index (χ1v) is 4.70. The van der Waals surface area contributed by atoms with Gasteiger partial charge in [-0.3, -0.25) is 4.79 Å². The molecule has 0 aliphatic carbocycles. The largest absolute Gasteiger partial charge is 0.480 e. The summed E-state index contributed by atoms with van der Waals surface area (Å²) in [6, 6.07) is -0.809. The first-order chi connectivity index (χ1) is 6.63. The molecule has 1 atom stereocenters. The normalized spacial score (nSPS) is 20.8. The van der Waals surface area contributed by atoms with Crippen LogP contribution in [0.15, 0.2) is 0 Å². The molecule has 1 saturated heterocycles. The predicted molar refractivity (Wildman–Crippen MR) is 51.0 cm³/mol. The van der Waals surface area contributed by atoms with E-state index in [1.54, 1.807) is 0 Å². The van der Waals surface area contributed by atoms with Crippen molar-refractivity contribution in [3.05, 3.63) is 0 Å². The van der Waals surface area contributed by atoms with E-state index in [0.717, 1.165) is 0 Å². The third-order valence-corrected chi connectivity index (χ3v) is 1.82. The van der Waals surface area contributed by atoms with Gasteiger partial charge in [0.1, 0.15) is 0 Å². The molecule has 0 aromatic heterocycles. The summed E-state index contributed by atoms with van der Waals surface area (Å²) in [6.07, 6.45) is 0. The molecule has 0 aromatic carbocycles. The number of morpholine rings is 1. The molecule has 1 N–H and O–H groups in total. The van der Waals surface area contributed by atoms with Gasteiger partial charge >= 0.3 is 5.97 Å². The molecule has 0 aromatic rings. The number of carbonyl (C=O) groups excluding carboxylic acids is 1. The Morgan fingerprint density at radius 2 is 2.00 bits per heavy atom. The summed E-state index contributed by atoms with van der Waals surface area (Å²) in [7, 11) is 0. The number of hydrogen-bond donors (Lipinski definition) is 1. The van der Waals surface area contributed by atoms with Crippen molar-refractivity contribution < 1.29 is 19.4 Å². The van der Waals surface area contributed by atoms with Crippen LogP contribution in [0.3, 0.4) is 0 Å². The molecule has 1 fully saturated rings. The van der Waals surface area contributed by atoms with E-state index < -0.39 is 12.0 Å². The van der Waals surface area contributed by atoms with Gasteiger partial charge in [-0.2, -0.15) is 0 Å². The lowest BCUT2D eigenvalue weighted by atomic mass is 10.2. The van der Waals surface area contributed by atoms with Gasteiger partial charge in [0.05, 0.1) is 13.2 Å². The highest BCUT2D eigenvalue weighted by Gasteiger charge is 2.30. The first kappa shape index (κ1) is 12.9. The minimum Gasteiger partial charge on any atom is -0.480 e. The zero-order valence-corrected chi connectivity index (χ0v) is 8.82. The quantitative estimate of drug-likeness (QED) is 0.667. The van der Waals surface area contributed by atoms with E-state index in [4.69, 9.17) is 9.84 Å². The van der Waals surface area contributed by atoms with Gasteiger partial charge in [0.25, 0.3) is 0 Å². The summed E-state index contributed by atoms with van der Waals surface area (Å²) in [4.78, 5) is 22.8. The van der Waals surface area contributed by atoms with E-state index in [1.165, 1.54) is 11.8 Å². The molecule has 14 heavy (non-hydrogen) atoms. The Kier molecular flexibility index (Phi) is 5.87. The Bertz CT molecular complexity index is 183. The summed E-state index contributed by atoms with van der Waals surface area (Å²) < 4.78 is 4.95. The van der Waals surface area contributed by atoms with Crippen molar-refractivity contribution in [1.82, 2.24) is 4.90 Å². The number of nitrogens with zero attached hydrogens (tertiary/aromatic N) is 1. The number of ether oxygens (including phenoxy) is 1. The number of hydrogen-bond acceptors (Lipinski definition) is 3. The molecule has 0 bridgehead atoms. The van der Waals surface area contributed by atoms with Crippen LogP contribution in [0.4, 0.5) is 0 Å². The molecular weight excluding hydrogens is 186 g/mol. The summed E-state index contributed by atoms with van der Waals surface area (Å²) in [5.41, 5.74) is 0. The van der Waals surface area contributed by atoms with Crippen LogP contribution in [0.25, 0.3) is 0 Å². The van der Waals surface area contributed by atoms with Crippen LogP contribution in [0.1, 0.15) is 20.8 Å². The van der Waals surface area contributed by atoms with E-state index in [-0.39, 0.29) is 12.5 Å². The molecule has 1 heterocycles. The van der Waals surface area contributed by atoms with Crippen molar-refractivity contribution in [3.63, 3.8) is 0 Å². The maximum Gasteiger partial charge on any atom is 0.328 e. The highest BCUT2D eigenvalue weighted by atomic mass is 16.5. The second-order valence-electron chi connectivity index (χ2n) is 2.64. The van der Waals surface area contributed by atoms with Crippen LogP contribution in [-0.4, -0.2) is 47.7 Å². The minimum absolute atomic E-state index is 0.0922. The maximum atomic E-state index is 10.9. The second kappa shape index (κ2) is 6.37. The zero-order chi connectivity index (χ0) is 11.1. The Morgan fingerprint density at radius 3 is 2.36 bits per heavy atom. The molecule has 0 radical (unpaired) electrons. The van der Waals surface area contributed by atoms with E-state index in [0.29, 0.717) is 13.2 Å². The average Bonchev–Trinajstić information content (AvgIpc) is 2.20. The van der Waals surface area contributed by atoms with Crippen molar-refractivity contribution in [3.8, 4) is 0 Å². The number of carbonyl (C=O) groups is 2. The second-order valence-corrected chi connectivity index (χ2v) is 2.64. The highest BCUT2D eigenvalue weighted by molar-refractivity contribution is 5.82. The monoisotopic (exact) mass is 203 g/mol. The van der Waals surface area contributed by atoms with Crippen molar-refractivity contribution in [2.75, 3.05) is 19.8 Å². The summed E-state index contributed by atoms with van der Waals surface area (Å²) >= 11 is 0. The summed E-state index contributed by atoms with van der Waals surface area (Å²) in [5, 5.41) is 8.68. The van der Waals surface area contributed by atoms with E-state index in [9.17, 15) is 9.59 Å². The van der Waals surface area contributed by atoms with Gasteiger partial charge in [-0.25, -0.2) is 4.79 Å². The molecule has 0 saturated carbocycles. The number of aliphatic carboxylic acids is 1. The molecule has 1 aliphatic rings. The summed E-state index contributed by atoms with van der Waals surface area (Å²) in [6.45, 7) is 6.24. The molecule has 1 unspecified atom stereocenters. The fourth-order valence-electron chi connectivity index (χ4n) is 1.19. The number of amides is 1. The molecule has 1 amide bonds. The lowest BCUT2D eigenvalue weighted by Gasteiger charge is -2.31. The van der Waals surface area contributed by atoms with Crippen molar-refractivity contribution in [1.29, 1.82) is 0 Å². The fourth-order valence-corrected chi connectivity index (χ4v) is 1.19. The topological polar surface area (TPSA) is 66.8 Å². The van der Waals surface area contributed by atoms with E-state index >= 15 is 0 Å². The van der Waals surface area contributed by atoms with Crippen LogP contribution in [0, 0.1) is 0 Å².